The first-order chi connectivity index (χ1) is 13.4. The third kappa shape index (κ3) is 3.90. The van der Waals surface area contributed by atoms with Gasteiger partial charge >= 0.3 is 11.9 Å². The lowest BCUT2D eigenvalue weighted by atomic mass is 10.0. The molecule has 8 nitrogen and oxygen atoms in total. The second kappa shape index (κ2) is 7.75. The fraction of sp³-hybridized carbons (Fsp3) is 0.100. The first-order valence-corrected chi connectivity index (χ1v) is 8.16. The standard InChI is InChI=1S/C20H15NO7/c1-27-20(26)17-10-15(22)14-9-12(6-7-16(14)28-17)21-18(23)8-11-4-2-3-5-13(11)19(24)25/h2-7,9-10H,8H2,1H3,(H,21,23)(H,24,25). The van der Waals surface area contributed by atoms with Gasteiger partial charge < -0.3 is 19.6 Å². The Morgan fingerprint density at radius 1 is 1.11 bits per heavy atom. The molecule has 1 aromatic heterocycles. The van der Waals surface area contributed by atoms with Crippen LogP contribution in [0, 0.1) is 0 Å². The SMILES string of the molecule is COC(=O)c1cc(=O)c2cc(NC(=O)Cc3ccccc3C(=O)O)ccc2o1. The summed E-state index contributed by atoms with van der Waals surface area (Å²) in [4.78, 5) is 47.3. The van der Waals surface area contributed by atoms with Crippen molar-refractivity contribution in [1.82, 2.24) is 0 Å². The Bertz CT molecular complexity index is 1150. The molecule has 28 heavy (non-hydrogen) atoms. The molecule has 0 unspecified atom stereocenters. The molecule has 0 aliphatic rings. The number of rotatable bonds is 5. The molecule has 142 valence electrons. The van der Waals surface area contributed by atoms with Gasteiger partial charge in [0.05, 0.1) is 24.5 Å². The number of carboxylic acid groups (broad SMARTS) is 1. The minimum atomic E-state index is -1.12. The molecule has 2 aromatic carbocycles. The first kappa shape index (κ1) is 18.8. The van der Waals surface area contributed by atoms with Crippen LogP contribution in [-0.2, 0) is 16.0 Å². The van der Waals surface area contributed by atoms with Crippen molar-refractivity contribution in [1.29, 1.82) is 0 Å². The van der Waals surface area contributed by atoms with Crippen molar-refractivity contribution in [3.8, 4) is 0 Å². The Morgan fingerprint density at radius 2 is 1.86 bits per heavy atom. The van der Waals surface area contributed by atoms with Crippen LogP contribution in [0.15, 0.2) is 57.7 Å². The number of carboxylic acids is 1. The molecule has 8 heteroatoms. The highest BCUT2D eigenvalue weighted by molar-refractivity contribution is 5.97. The van der Waals surface area contributed by atoms with Crippen molar-refractivity contribution < 1.29 is 28.6 Å². The van der Waals surface area contributed by atoms with Gasteiger partial charge in [0.1, 0.15) is 5.58 Å². The van der Waals surface area contributed by atoms with E-state index in [2.05, 4.69) is 10.1 Å². The minimum Gasteiger partial charge on any atom is -0.478 e. The van der Waals surface area contributed by atoms with Crippen LogP contribution in [0.3, 0.4) is 0 Å². The van der Waals surface area contributed by atoms with Crippen molar-refractivity contribution in [2.45, 2.75) is 6.42 Å². The molecule has 1 amide bonds. The molecule has 0 fully saturated rings. The number of esters is 1. The molecule has 0 spiro atoms. The number of aromatic carboxylic acids is 1. The van der Waals surface area contributed by atoms with Gasteiger partial charge in [0.25, 0.3) is 0 Å². The molecule has 0 saturated heterocycles. The summed E-state index contributed by atoms with van der Waals surface area (Å²) in [5.41, 5.74) is 0.460. The Balaban J connectivity index is 1.84. The molecule has 1 heterocycles. The van der Waals surface area contributed by atoms with Crippen LogP contribution in [0.1, 0.15) is 26.5 Å². The van der Waals surface area contributed by atoms with Gasteiger partial charge in [-0.2, -0.15) is 0 Å². The van der Waals surface area contributed by atoms with E-state index in [0.717, 1.165) is 6.07 Å². The number of nitrogens with one attached hydrogen (secondary N) is 1. The van der Waals surface area contributed by atoms with Crippen LogP contribution < -0.4 is 10.7 Å². The van der Waals surface area contributed by atoms with E-state index in [1.165, 1.54) is 31.4 Å². The molecule has 2 N–H and O–H groups in total. The third-order valence-electron chi connectivity index (χ3n) is 4.00. The van der Waals surface area contributed by atoms with Gasteiger partial charge in [-0.1, -0.05) is 18.2 Å². The van der Waals surface area contributed by atoms with Gasteiger partial charge in [-0.05, 0) is 29.8 Å². The first-order valence-electron chi connectivity index (χ1n) is 8.16. The predicted molar refractivity (Wildman–Crippen MR) is 99.6 cm³/mol. The van der Waals surface area contributed by atoms with Gasteiger partial charge in [-0.15, -0.1) is 0 Å². The molecule has 0 aliphatic heterocycles. The maximum absolute atomic E-state index is 12.3. The molecule has 3 rings (SSSR count). The van der Waals surface area contributed by atoms with E-state index in [9.17, 15) is 24.3 Å². The van der Waals surface area contributed by atoms with Crippen molar-refractivity contribution in [3.63, 3.8) is 0 Å². The molecule has 0 bridgehead atoms. The van der Waals surface area contributed by atoms with E-state index in [1.54, 1.807) is 18.2 Å². The van der Waals surface area contributed by atoms with Gasteiger partial charge in [0.15, 0.2) is 5.43 Å². The maximum Gasteiger partial charge on any atom is 0.374 e. The summed E-state index contributed by atoms with van der Waals surface area (Å²) in [6, 6.07) is 11.6. The largest absolute Gasteiger partial charge is 0.478 e. The molecule has 0 saturated carbocycles. The quantitative estimate of drug-likeness (QED) is 0.651. The van der Waals surface area contributed by atoms with Crippen LogP contribution in [0.2, 0.25) is 0 Å². The zero-order valence-corrected chi connectivity index (χ0v) is 14.7. The van der Waals surface area contributed by atoms with Crippen LogP contribution in [-0.4, -0.2) is 30.1 Å². The highest BCUT2D eigenvalue weighted by Gasteiger charge is 2.15. The van der Waals surface area contributed by atoms with E-state index in [4.69, 9.17) is 4.42 Å². The minimum absolute atomic E-state index is 0.0483. The highest BCUT2D eigenvalue weighted by atomic mass is 16.5. The fourth-order valence-electron chi connectivity index (χ4n) is 2.70. The van der Waals surface area contributed by atoms with Gasteiger partial charge in [-0.3, -0.25) is 9.59 Å². The molecule has 0 aliphatic carbocycles. The number of carbonyl (C=O) groups is 3. The lowest BCUT2D eigenvalue weighted by Gasteiger charge is -2.08. The van der Waals surface area contributed by atoms with Crippen LogP contribution in [0.5, 0.6) is 0 Å². The Labute approximate surface area is 158 Å². The number of benzene rings is 2. The van der Waals surface area contributed by atoms with Crippen molar-refractivity contribution in [2.24, 2.45) is 0 Å². The Morgan fingerprint density at radius 3 is 2.57 bits per heavy atom. The number of hydrogen-bond donors (Lipinski definition) is 2. The summed E-state index contributed by atoms with van der Waals surface area (Å²) in [5.74, 6) is -2.55. The second-order valence-corrected chi connectivity index (χ2v) is 5.86. The lowest BCUT2D eigenvalue weighted by Crippen LogP contribution is -2.16. The molecule has 0 atom stereocenters. The number of fused-ring (bicyclic) bond motifs is 1. The summed E-state index contributed by atoms with van der Waals surface area (Å²) in [7, 11) is 1.17. The number of hydrogen-bond acceptors (Lipinski definition) is 6. The third-order valence-corrected chi connectivity index (χ3v) is 4.00. The molecular formula is C20H15NO7. The monoisotopic (exact) mass is 381 g/mol. The second-order valence-electron chi connectivity index (χ2n) is 5.86. The van der Waals surface area contributed by atoms with Crippen molar-refractivity contribution >= 4 is 34.5 Å². The highest BCUT2D eigenvalue weighted by Crippen LogP contribution is 2.19. The fourth-order valence-corrected chi connectivity index (χ4v) is 2.70. The summed E-state index contributed by atoms with van der Waals surface area (Å²) < 4.78 is 9.87. The average molecular weight is 381 g/mol. The van der Waals surface area contributed by atoms with Crippen molar-refractivity contribution in [2.75, 3.05) is 12.4 Å². The normalized spacial score (nSPS) is 10.5. The molecular weight excluding hydrogens is 366 g/mol. The van der Waals surface area contributed by atoms with E-state index < -0.39 is 23.3 Å². The summed E-state index contributed by atoms with van der Waals surface area (Å²) in [6.07, 6.45) is -0.142. The summed E-state index contributed by atoms with van der Waals surface area (Å²) in [6.45, 7) is 0. The number of carbonyl (C=O) groups excluding carboxylic acids is 2. The zero-order chi connectivity index (χ0) is 20.3. The van der Waals surface area contributed by atoms with E-state index >= 15 is 0 Å². The van der Waals surface area contributed by atoms with E-state index in [1.807, 2.05) is 0 Å². The number of methoxy groups -OCH3 is 1. The average Bonchev–Trinajstić information content (AvgIpc) is 2.67. The zero-order valence-electron chi connectivity index (χ0n) is 14.7. The number of amides is 1. The van der Waals surface area contributed by atoms with Gasteiger partial charge in [0.2, 0.25) is 11.7 Å². The van der Waals surface area contributed by atoms with Crippen LogP contribution in [0.25, 0.3) is 11.0 Å². The number of anilines is 1. The van der Waals surface area contributed by atoms with E-state index in [0.29, 0.717) is 11.3 Å². The van der Waals surface area contributed by atoms with Crippen LogP contribution >= 0.6 is 0 Å². The topological polar surface area (TPSA) is 123 Å². The van der Waals surface area contributed by atoms with Crippen LogP contribution in [0.4, 0.5) is 5.69 Å². The molecule has 3 aromatic rings. The van der Waals surface area contributed by atoms with Crippen molar-refractivity contribution in [3.05, 3.63) is 75.6 Å². The molecule has 0 radical (unpaired) electrons. The van der Waals surface area contributed by atoms with Gasteiger partial charge in [-0.25, -0.2) is 9.59 Å². The van der Waals surface area contributed by atoms with E-state index in [-0.39, 0.29) is 28.7 Å². The number of ether oxygens (including phenoxy) is 1. The Kier molecular flexibility index (Phi) is 5.21. The maximum atomic E-state index is 12.3. The Hall–Kier alpha value is -3.94. The smallest absolute Gasteiger partial charge is 0.374 e. The summed E-state index contributed by atoms with van der Waals surface area (Å²) in [5, 5.41) is 12.0. The lowest BCUT2D eigenvalue weighted by molar-refractivity contribution is -0.115. The predicted octanol–water partition coefficient (Wildman–Crippen LogP) is 2.46. The van der Waals surface area contributed by atoms with Gasteiger partial charge in [0, 0.05) is 11.8 Å². The summed E-state index contributed by atoms with van der Waals surface area (Å²) >= 11 is 0.